The van der Waals surface area contributed by atoms with Crippen molar-refractivity contribution in [2.45, 2.75) is 6.10 Å². The maximum absolute atomic E-state index is 12.9. The van der Waals surface area contributed by atoms with Crippen molar-refractivity contribution >= 4 is 28.4 Å². The predicted octanol–water partition coefficient (Wildman–Crippen LogP) is 3.43. The highest BCUT2D eigenvalue weighted by atomic mass is 35.5. The molecular formula is C18H16ClFN2O2. The van der Waals surface area contributed by atoms with E-state index in [1.807, 2.05) is 24.3 Å². The van der Waals surface area contributed by atoms with E-state index < -0.39 is 6.10 Å². The molecule has 0 aliphatic heterocycles. The highest BCUT2D eigenvalue weighted by Crippen LogP contribution is 2.29. The van der Waals surface area contributed by atoms with Crippen LogP contribution in [-0.4, -0.2) is 22.1 Å². The average molecular weight is 347 g/mol. The fraction of sp³-hybridized carbons (Fsp3) is 0.167. The number of para-hydroxylation sites is 1. The molecule has 0 aliphatic carbocycles. The van der Waals surface area contributed by atoms with Crippen LogP contribution in [-0.2, 0) is 7.05 Å². The van der Waals surface area contributed by atoms with Crippen LogP contribution in [0.4, 0.5) is 4.39 Å². The standard InChI is InChI=1S/C18H16ClFN2O2/c1-22-14-5-3-2-4-13(14)16(19)17(22)18(24)21-10-15(23)11-6-8-12(20)9-7-11/h2-9,15,23H,10H2,1H3,(H,21,24). The third kappa shape index (κ3) is 3.00. The molecule has 24 heavy (non-hydrogen) atoms. The number of rotatable bonds is 4. The summed E-state index contributed by atoms with van der Waals surface area (Å²) in [5, 5.41) is 13.9. The Hall–Kier alpha value is -2.37. The van der Waals surface area contributed by atoms with Gasteiger partial charge in [0.25, 0.3) is 5.91 Å². The molecule has 0 saturated carbocycles. The molecule has 0 aliphatic rings. The van der Waals surface area contributed by atoms with Gasteiger partial charge in [-0.25, -0.2) is 4.39 Å². The van der Waals surface area contributed by atoms with E-state index in [1.54, 1.807) is 11.6 Å². The number of nitrogens with one attached hydrogen (secondary N) is 1. The first kappa shape index (κ1) is 16.5. The number of carbonyl (C=O) groups excluding carboxylic acids is 1. The number of hydrogen-bond donors (Lipinski definition) is 2. The Morgan fingerprint density at radius 1 is 1.25 bits per heavy atom. The van der Waals surface area contributed by atoms with Crippen molar-refractivity contribution in [2.24, 2.45) is 7.05 Å². The molecule has 6 heteroatoms. The molecule has 0 spiro atoms. The minimum Gasteiger partial charge on any atom is -0.387 e. The Morgan fingerprint density at radius 2 is 1.92 bits per heavy atom. The molecule has 3 rings (SSSR count). The second-order valence-corrected chi connectivity index (χ2v) is 5.89. The Kier molecular flexibility index (Phi) is 4.55. The third-order valence-corrected chi connectivity index (χ3v) is 4.35. The first-order valence-electron chi connectivity index (χ1n) is 7.43. The predicted molar refractivity (Wildman–Crippen MR) is 91.6 cm³/mol. The highest BCUT2D eigenvalue weighted by Gasteiger charge is 2.20. The topological polar surface area (TPSA) is 54.3 Å². The summed E-state index contributed by atoms with van der Waals surface area (Å²) in [6, 6.07) is 13.0. The van der Waals surface area contributed by atoms with Crippen molar-refractivity contribution in [3.63, 3.8) is 0 Å². The lowest BCUT2D eigenvalue weighted by atomic mass is 10.1. The number of nitrogens with zero attached hydrogens (tertiary/aromatic N) is 1. The first-order chi connectivity index (χ1) is 11.5. The van der Waals surface area contributed by atoms with Gasteiger partial charge in [0.15, 0.2) is 0 Å². The van der Waals surface area contributed by atoms with Crippen molar-refractivity contribution < 1.29 is 14.3 Å². The lowest BCUT2D eigenvalue weighted by Crippen LogP contribution is -2.30. The van der Waals surface area contributed by atoms with Gasteiger partial charge in [-0.3, -0.25) is 4.79 Å². The lowest BCUT2D eigenvalue weighted by Gasteiger charge is -2.13. The third-order valence-electron chi connectivity index (χ3n) is 3.97. The normalized spacial score (nSPS) is 12.3. The summed E-state index contributed by atoms with van der Waals surface area (Å²) < 4.78 is 14.6. The number of benzene rings is 2. The molecule has 2 N–H and O–H groups in total. The van der Waals surface area contributed by atoms with Gasteiger partial charge in [0, 0.05) is 24.5 Å². The van der Waals surface area contributed by atoms with Crippen molar-refractivity contribution in [1.82, 2.24) is 9.88 Å². The minimum absolute atomic E-state index is 0.00230. The Labute approximate surface area is 143 Å². The van der Waals surface area contributed by atoms with Crippen LogP contribution in [0.5, 0.6) is 0 Å². The molecule has 124 valence electrons. The van der Waals surface area contributed by atoms with Crippen LogP contribution < -0.4 is 5.32 Å². The summed E-state index contributed by atoms with van der Waals surface area (Å²) in [6.45, 7) is 0.00230. The molecule has 1 atom stereocenters. The van der Waals surface area contributed by atoms with E-state index in [2.05, 4.69) is 5.32 Å². The zero-order valence-corrected chi connectivity index (χ0v) is 13.7. The van der Waals surface area contributed by atoms with Gasteiger partial charge in [0.1, 0.15) is 11.5 Å². The molecule has 0 radical (unpaired) electrons. The van der Waals surface area contributed by atoms with Crippen LogP contribution in [0.15, 0.2) is 48.5 Å². The zero-order valence-electron chi connectivity index (χ0n) is 13.0. The molecule has 1 heterocycles. The van der Waals surface area contributed by atoms with Crippen molar-refractivity contribution in [3.05, 3.63) is 70.6 Å². The summed E-state index contributed by atoms with van der Waals surface area (Å²) in [5.41, 5.74) is 1.72. The van der Waals surface area contributed by atoms with Crippen molar-refractivity contribution in [1.29, 1.82) is 0 Å². The van der Waals surface area contributed by atoms with Gasteiger partial charge >= 0.3 is 0 Å². The molecule has 2 aromatic carbocycles. The van der Waals surface area contributed by atoms with Gasteiger partial charge in [-0.1, -0.05) is 41.9 Å². The van der Waals surface area contributed by atoms with Gasteiger partial charge in [-0.2, -0.15) is 0 Å². The number of aliphatic hydroxyl groups excluding tert-OH is 1. The van der Waals surface area contributed by atoms with Crippen LogP contribution >= 0.6 is 11.6 Å². The fourth-order valence-electron chi connectivity index (χ4n) is 2.67. The van der Waals surface area contributed by atoms with E-state index >= 15 is 0 Å². The largest absolute Gasteiger partial charge is 0.387 e. The fourth-order valence-corrected chi connectivity index (χ4v) is 3.05. The maximum Gasteiger partial charge on any atom is 0.269 e. The van der Waals surface area contributed by atoms with Gasteiger partial charge in [0.05, 0.1) is 11.1 Å². The summed E-state index contributed by atoms with van der Waals surface area (Å²) in [4.78, 5) is 12.5. The highest BCUT2D eigenvalue weighted by molar-refractivity contribution is 6.38. The van der Waals surface area contributed by atoms with Crippen LogP contribution in [0, 0.1) is 5.82 Å². The molecular weight excluding hydrogens is 331 g/mol. The molecule has 1 aromatic heterocycles. The molecule has 1 unspecified atom stereocenters. The monoisotopic (exact) mass is 346 g/mol. The second-order valence-electron chi connectivity index (χ2n) is 5.52. The number of carbonyl (C=O) groups is 1. The summed E-state index contributed by atoms with van der Waals surface area (Å²) in [7, 11) is 1.76. The zero-order chi connectivity index (χ0) is 17.3. The molecule has 0 fully saturated rings. The van der Waals surface area contributed by atoms with Crippen LogP contribution in [0.3, 0.4) is 0 Å². The van der Waals surface area contributed by atoms with Crippen molar-refractivity contribution in [3.8, 4) is 0 Å². The smallest absolute Gasteiger partial charge is 0.269 e. The molecule has 1 amide bonds. The Morgan fingerprint density at radius 3 is 2.58 bits per heavy atom. The second kappa shape index (κ2) is 6.63. The molecule has 0 saturated heterocycles. The molecule has 4 nitrogen and oxygen atoms in total. The van der Waals surface area contributed by atoms with E-state index in [-0.39, 0.29) is 18.3 Å². The Bertz CT molecular complexity index is 851. The molecule has 3 aromatic rings. The number of aliphatic hydroxyl groups is 1. The number of halogens is 2. The van der Waals surface area contributed by atoms with E-state index in [0.29, 0.717) is 16.3 Å². The summed E-state index contributed by atoms with van der Waals surface area (Å²) in [5.74, 6) is -0.753. The van der Waals surface area contributed by atoms with E-state index in [4.69, 9.17) is 11.6 Å². The van der Waals surface area contributed by atoms with Crippen LogP contribution in [0.25, 0.3) is 10.9 Å². The minimum atomic E-state index is -0.928. The van der Waals surface area contributed by atoms with Gasteiger partial charge in [-0.15, -0.1) is 0 Å². The van der Waals surface area contributed by atoms with Crippen molar-refractivity contribution in [2.75, 3.05) is 6.54 Å². The van der Waals surface area contributed by atoms with E-state index in [9.17, 15) is 14.3 Å². The number of hydrogen-bond acceptors (Lipinski definition) is 2. The van der Waals surface area contributed by atoms with Gasteiger partial charge < -0.3 is 15.0 Å². The number of fused-ring (bicyclic) bond motifs is 1. The maximum atomic E-state index is 12.9. The quantitative estimate of drug-likeness (QED) is 0.760. The van der Waals surface area contributed by atoms with E-state index in [1.165, 1.54) is 24.3 Å². The summed E-state index contributed by atoms with van der Waals surface area (Å²) >= 11 is 6.32. The van der Waals surface area contributed by atoms with E-state index in [0.717, 1.165) is 10.9 Å². The Balaban J connectivity index is 1.77. The lowest BCUT2D eigenvalue weighted by molar-refractivity contribution is 0.0909. The first-order valence-corrected chi connectivity index (χ1v) is 7.81. The number of amides is 1. The van der Waals surface area contributed by atoms with Crippen LogP contribution in [0.2, 0.25) is 5.02 Å². The number of aryl methyl sites for hydroxylation is 1. The van der Waals surface area contributed by atoms with Gasteiger partial charge in [0.2, 0.25) is 0 Å². The SMILES string of the molecule is Cn1c(C(=O)NCC(O)c2ccc(F)cc2)c(Cl)c2ccccc21. The molecule has 0 bridgehead atoms. The average Bonchev–Trinajstić information content (AvgIpc) is 2.85. The van der Waals surface area contributed by atoms with Crippen LogP contribution in [0.1, 0.15) is 22.2 Å². The van der Waals surface area contributed by atoms with Gasteiger partial charge in [-0.05, 0) is 23.8 Å². The number of aromatic nitrogens is 1. The summed E-state index contributed by atoms with van der Waals surface area (Å²) in [6.07, 6.45) is -0.928.